The van der Waals surface area contributed by atoms with Crippen molar-refractivity contribution in [1.29, 1.82) is 0 Å². The summed E-state index contributed by atoms with van der Waals surface area (Å²) in [7, 11) is -0.478. The summed E-state index contributed by atoms with van der Waals surface area (Å²) in [5.41, 5.74) is 3.24. The van der Waals surface area contributed by atoms with E-state index in [4.69, 9.17) is 9.47 Å². The van der Waals surface area contributed by atoms with Gasteiger partial charge in [0.1, 0.15) is 0 Å². The van der Waals surface area contributed by atoms with Gasteiger partial charge >= 0.3 is 0 Å². The number of carbonyl (C=O) groups excluding carboxylic acids is 1. The van der Waals surface area contributed by atoms with Crippen LogP contribution in [0.3, 0.4) is 0 Å². The van der Waals surface area contributed by atoms with Gasteiger partial charge in [-0.1, -0.05) is 0 Å². The Kier molecular flexibility index (Phi) is 6.97. The van der Waals surface area contributed by atoms with Gasteiger partial charge in [-0.25, -0.2) is 8.42 Å². The predicted octanol–water partition coefficient (Wildman–Crippen LogP) is 2.97. The molecule has 1 saturated heterocycles. The lowest BCUT2D eigenvalue weighted by Crippen LogP contribution is -2.49. The molecule has 2 aliphatic rings. The average molecular weight is 538 g/mol. The Balaban J connectivity index is 1.26. The van der Waals surface area contributed by atoms with Crippen molar-refractivity contribution in [2.75, 3.05) is 50.2 Å². The van der Waals surface area contributed by atoms with E-state index in [1.54, 1.807) is 37.3 Å². The standard InChI is InChI=1S/C27H31N5O5S/c1-18-15-21-16-22(6-8-24(21)32(18)19(2)33)38(34,35)31-13-11-30(12-14-31)27-10-7-23(28-29-27)20-5-9-25(36-3)26(17-20)37-4/h5-10,16-18H,11-15H2,1-4H3. The van der Waals surface area contributed by atoms with Gasteiger partial charge in [0.25, 0.3) is 0 Å². The van der Waals surface area contributed by atoms with Crippen LogP contribution in [-0.4, -0.2) is 75.3 Å². The number of rotatable bonds is 6. The first-order valence-corrected chi connectivity index (χ1v) is 13.9. The molecule has 38 heavy (non-hydrogen) atoms. The molecule has 0 N–H and O–H groups in total. The molecule has 200 valence electrons. The van der Waals surface area contributed by atoms with Gasteiger partial charge < -0.3 is 19.3 Å². The largest absolute Gasteiger partial charge is 0.493 e. The summed E-state index contributed by atoms with van der Waals surface area (Å²) in [6.45, 7) is 5.19. The second kappa shape index (κ2) is 10.2. The number of nitrogens with zero attached hydrogens (tertiary/aromatic N) is 5. The topological polar surface area (TPSA) is 105 Å². The van der Waals surface area contributed by atoms with Crippen LogP contribution in [0.1, 0.15) is 19.4 Å². The highest BCUT2D eigenvalue weighted by atomic mass is 32.2. The van der Waals surface area contributed by atoms with Crippen molar-refractivity contribution < 1.29 is 22.7 Å². The number of benzene rings is 2. The smallest absolute Gasteiger partial charge is 0.243 e. The first-order valence-electron chi connectivity index (χ1n) is 12.5. The molecule has 11 heteroatoms. The molecular formula is C27H31N5O5S. The van der Waals surface area contributed by atoms with E-state index >= 15 is 0 Å². The number of hydrogen-bond acceptors (Lipinski definition) is 8. The van der Waals surface area contributed by atoms with Crippen LogP contribution in [0.2, 0.25) is 0 Å². The van der Waals surface area contributed by atoms with E-state index in [0.29, 0.717) is 55.6 Å². The summed E-state index contributed by atoms with van der Waals surface area (Å²) in [4.78, 5) is 16.0. The normalized spacial score (nSPS) is 17.8. The Hall–Kier alpha value is -3.70. The second-order valence-electron chi connectivity index (χ2n) is 9.47. The van der Waals surface area contributed by atoms with Crippen molar-refractivity contribution in [3.63, 3.8) is 0 Å². The minimum Gasteiger partial charge on any atom is -0.493 e. The predicted molar refractivity (Wildman–Crippen MR) is 144 cm³/mol. The molecule has 3 heterocycles. The van der Waals surface area contributed by atoms with E-state index in [0.717, 1.165) is 16.8 Å². The number of hydrogen-bond donors (Lipinski definition) is 0. The van der Waals surface area contributed by atoms with Crippen LogP contribution in [0, 0.1) is 0 Å². The van der Waals surface area contributed by atoms with Crippen molar-refractivity contribution in [3.05, 3.63) is 54.1 Å². The highest BCUT2D eigenvalue weighted by Gasteiger charge is 2.33. The van der Waals surface area contributed by atoms with Gasteiger partial charge in [-0.2, -0.15) is 4.31 Å². The molecule has 0 aliphatic carbocycles. The van der Waals surface area contributed by atoms with Crippen molar-refractivity contribution in [2.24, 2.45) is 0 Å². The zero-order valence-corrected chi connectivity index (χ0v) is 22.7. The molecule has 2 aliphatic heterocycles. The third-order valence-corrected chi connectivity index (χ3v) is 9.03. The lowest BCUT2D eigenvalue weighted by Gasteiger charge is -2.34. The van der Waals surface area contributed by atoms with Gasteiger partial charge in [0.05, 0.1) is 24.8 Å². The molecule has 0 radical (unpaired) electrons. The summed E-state index contributed by atoms with van der Waals surface area (Å²) in [6.07, 6.45) is 0.643. The van der Waals surface area contributed by atoms with E-state index in [2.05, 4.69) is 10.2 Å². The molecule has 1 atom stereocenters. The SMILES string of the molecule is COc1ccc(-c2ccc(N3CCN(S(=O)(=O)c4ccc5c(c4)CC(C)N5C(C)=O)CC3)nn2)cc1OC. The fourth-order valence-electron chi connectivity index (χ4n) is 5.20. The molecule has 0 spiro atoms. The Bertz CT molecular complexity index is 1450. The number of methoxy groups -OCH3 is 2. The molecule has 10 nitrogen and oxygen atoms in total. The fraction of sp³-hybridized carbons (Fsp3) is 0.370. The first kappa shape index (κ1) is 25.9. The fourth-order valence-corrected chi connectivity index (χ4v) is 6.67. The Labute approximate surface area is 222 Å². The number of sulfonamides is 1. The second-order valence-corrected chi connectivity index (χ2v) is 11.4. The Morgan fingerprint density at radius 2 is 1.66 bits per heavy atom. The van der Waals surface area contributed by atoms with Crippen LogP contribution >= 0.6 is 0 Å². The van der Waals surface area contributed by atoms with Crippen LogP contribution in [0.25, 0.3) is 11.3 Å². The van der Waals surface area contributed by atoms with Crippen molar-refractivity contribution in [1.82, 2.24) is 14.5 Å². The summed E-state index contributed by atoms with van der Waals surface area (Å²) in [6, 6.07) is 14.4. The molecule has 1 aromatic heterocycles. The molecule has 1 amide bonds. The van der Waals surface area contributed by atoms with Crippen LogP contribution in [0.4, 0.5) is 11.5 Å². The van der Waals surface area contributed by atoms with Crippen LogP contribution in [0.5, 0.6) is 11.5 Å². The van der Waals surface area contributed by atoms with E-state index in [1.165, 1.54) is 11.2 Å². The number of aromatic nitrogens is 2. The molecule has 5 rings (SSSR count). The van der Waals surface area contributed by atoms with Crippen LogP contribution in [0.15, 0.2) is 53.4 Å². The summed E-state index contributed by atoms with van der Waals surface area (Å²) < 4.78 is 39.0. The molecule has 2 aromatic carbocycles. The van der Waals surface area contributed by atoms with Crippen molar-refractivity contribution in [2.45, 2.75) is 31.2 Å². The van der Waals surface area contributed by atoms with Crippen LogP contribution < -0.4 is 19.3 Å². The molecule has 1 unspecified atom stereocenters. The summed E-state index contributed by atoms with van der Waals surface area (Å²) >= 11 is 0. The maximum absolute atomic E-state index is 13.4. The maximum atomic E-state index is 13.4. The number of amides is 1. The van der Waals surface area contributed by atoms with E-state index in [1.807, 2.05) is 42.2 Å². The highest BCUT2D eigenvalue weighted by Crippen LogP contribution is 2.35. The minimum atomic E-state index is -3.65. The van der Waals surface area contributed by atoms with Gasteiger partial charge in [-0.3, -0.25) is 4.79 Å². The van der Waals surface area contributed by atoms with Crippen molar-refractivity contribution >= 4 is 27.4 Å². The van der Waals surface area contributed by atoms with Gasteiger partial charge in [0, 0.05) is 50.4 Å². The zero-order valence-electron chi connectivity index (χ0n) is 21.9. The Morgan fingerprint density at radius 1 is 0.921 bits per heavy atom. The number of fused-ring (bicyclic) bond motifs is 1. The lowest BCUT2D eigenvalue weighted by atomic mass is 10.1. The third-order valence-electron chi connectivity index (χ3n) is 7.14. The number of ether oxygens (including phenoxy) is 2. The van der Waals surface area contributed by atoms with Crippen LogP contribution in [-0.2, 0) is 21.2 Å². The quantitative estimate of drug-likeness (QED) is 0.473. The van der Waals surface area contributed by atoms with Gasteiger partial charge in [0.15, 0.2) is 17.3 Å². The number of anilines is 2. The van der Waals surface area contributed by atoms with E-state index in [-0.39, 0.29) is 16.8 Å². The third kappa shape index (κ3) is 4.67. The number of piperazine rings is 1. The van der Waals surface area contributed by atoms with Gasteiger partial charge in [-0.05, 0) is 67.4 Å². The van der Waals surface area contributed by atoms with Crippen molar-refractivity contribution in [3.8, 4) is 22.8 Å². The molecular weight excluding hydrogens is 506 g/mol. The van der Waals surface area contributed by atoms with E-state index in [9.17, 15) is 13.2 Å². The highest BCUT2D eigenvalue weighted by molar-refractivity contribution is 7.89. The molecule has 0 bridgehead atoms. The molecule has 0 saturated carbocycles. The zero-order chi connectivity index (χ0) is 27.0. The first-order chi connectivity index (χ1) is 18.2. The van der Waals surface area contributed by atoms with E-state index < -0.39 is 10.0 Å². The Morgan fingerprint density at radius 3 is 2.29 bits per heavy atom. The average Bonchev–Trinajstić information content (AvgIpc) is 3.28. The summed E-state index contributed by atoms with van der Waals surface area (Å²) in [5, 5.41) is 8.77. The maximum Gasteiger partial charge on any atom is 0.243 e. The monoisotopic (exact) mass is 537 g/mol. The minimum absolute atomic E-state index is 0.0169. The summed E-state index contributed by atoms with van der Waals surface area (Å²) in [5.74, 6) is 1.91. The van der Waals surface area contributed by atoms with Gasteiger partial charge in [0.2, 0.25) is 15.9 Å². The van der Waals surface area contributed by atoms with Gasteiger partial charge in [-0.15, -0.1) is 10.2 Å². The number of carbonyl (C=O) groups is 1. The lowest BCUT2D eigenvalue weighted by molar-refractivity contribution is -0.116. The molecule has 1 fully saturated rings. The molecule has 3 aromatic rings.